The van der Waals surface area contributed by atoms with Crippen molar-refractivity contribution in [1.29, 1.82) is 0 Å². The van der Waals surface area contributed by atoms with Gasteiger partial charge in [0.1, 0.15) is 4.88 Å². The fraction of sp³-hybridized carbons (Fsp3) is 0.762. The topological polar surface area (TPSA) is 56.8 Å². The first kappa shape index (κ1) is 21.2. The molecule has 3 rings (SSSR count). The molecule has 1 atom stereocenters. The van der Waals surface area contributed by atoms with E-state index in [2.05, 4.69) is 16.9 Å². The second kappa shape index (κ2) is 9.35. The Morgan fingerprint density at radius 2 is 1.89 bits per heavy atom. The third-order valence-electron chi connectivity index (χ3n) is 6.30. The molecule has 3 heterocycles. The average molecular weight is 407 g/mol. The first-order valence-electron chi connectivity index (χ1n) is 10.5. The summed E-state index contributed by atoms with van der Waals surface area (Å²) in [4.78, 5) is 37.0. The maximum absolute atomic E-state index is 12.9. The summed E-state index contributed by atoms with van der Waals surface area (Å²) in [7, 11) is 4.10. The minimum Gasteiger partial charge on any atom is -0.343 e. The lowest BCUT2D eigenvalue weighted by molar-refractivity contribution is -0.133. The Morgan fingerprint density at radius 3 is 2.54 bits per heavy atom. The molecule has 1 aromatic rings. The third-order valence-corrected chi connectivity index (χ3v) is 7.36. The lowest BCUT2D eigenvalue weighted by Gasteiger charge is -2.36. The van der Waals surface area contributed by atoms with E-state index in [0.717, 1.165) is 73.9 Å². The number of carbonyl (C=O) groups excluding carboxylic acids is 2. The Balaban J connectivity index is 1.49. The van der Waals surface area contributed by atoms with Crippen LogP contribution in [0.1, 0.15) is 58.9 Å². The number of aromatic nitrogens is 1. The van der Waals surface area contributed by atoms with E-state index in [1.165, 1.54) is 11.3 Å². The van der Waals surface area contributed by atoms with Gasteiger partial charge in [0, 0.05) is 32.6 Å². The van der Waals surface area contributed by atoms with Crippen LogP contribution in [0.25, 0.3) is 0 Å². The average Bonchev–Trinajstić information content (AvgIpc) is 3.03. The van der Waals surface area contributed by atoms with Gasteiger partial charge >= 0.3 is 0 Å². The molecule has 0 saturated carbocycles. The van der Waals surface area contributed by atoms with Crippen LogP contribution in [0.4, 0.5) is 0 Å². The molecule has 0 unspecified atom stereocenters. The molecule has 2 amide bonds. The van der Waals surface area contributed by atoms with Crippen molar-refractivity contribution in [3.63, 3.8) is 0 Å². The summed E-state index contributed by atoms with van der Waals surface area (Å²) in [6.45, 7) is 7.57. The first-order valence-corrected chi connectivity index (χ1v) is 11.3. The maximum atomic E-state index is 12.9. The van der Waals surface area contributed by atoms with Gasteiger partial charge < -0.3 is 14.7 Å². The van der Waals surface area contributed by atoms with E-state index in [9.17, 15) is 9.59 Å². The molecular formula is C21H34N4O2S. The van der Waals surface area contributed by atoms with Crippen molar-refractivity contribution in [1.82, 2.24) is 19.7 Å². The van der Waals surface area contributed by atoms with Crippen molar-refractivity contribution in [3.8, 4) is 0 Å². The molecule has 0 aromatic carbocycles. The number of carbonyl (C=O) groups is 2. The molecule has 0 radical (unpaired) electrons. The van der Waals surface area contributed by atoms with Crippen molar-refractivity contribution < 1.29 is 9.59 Å². The number of amides is 2. The van der Waals surface area contributed by atoms with Gasteiger partial charge in [-0.05, 0) is 72.0 Å². The van der Waals surface area contributed by atoms with Crippen molar-refractivity contribution in [2.75, 3.05) is 40.3 Å². The van der Waals surface area contributed by atoms with Crippen LogP contribution < -0.4 is 0 Å². The minimum absolute atomic E-state index is 0.113. The number of hydrogen-bond donors (Lipinski definition) is 0. The summed E-state index contributed by atoms with van der Waals surface area (Å²) in [6, 6.07) is 0.380. The zero-order valence-electron chi connectivity index (χ0n) is 17.7. The summed E-state index contributed by atoms with van der Waals surface area (Å²) in [6.07, 6.45) is 5.73. The van der Waals surface area contributed by atoms with Gasteiger partial charge in [-0.1, -0.05) is 0 Å². The summed E-state index contributed by atoms with van der Waals surface area (Å²) < 4.78 is 0. The molecule has 2 aliphatic heterocycles. The molecule has 1 aromatic heterocycles. The Bertz CT molecular complexity index is 697. The molecule has 0 spiro atoms. The molecule has 156 valence electrons. The van der Waals surface area contributed by atoms with E-state index in [1.807, 2.05) is 30.7 Å². The number of hydrogen-bond acceptors (Lipinski definition) is 5. The summed E-state index contributed by atoms with van der Waals surface area (Å²) in [5.74, 6) is 0.788. The van der Waals surface area contributed by atoms with Crippen LogP contribution in [0.5, 0.6) is 0 Å². The molecule has 2 aliphatic rings. The van der Waals surface area contributed by atoms with Gasteiger partial charge in [0.15, 0.2) is 0 Å². The fourth-order valence-electron chi connectivity index (χ4n) is 4.45. The third kappa shape index (κ3) is 5.11. The Kier molecular flexibility index (Phi) is 7.10. The van der Waals surface area contributed by atoms with Crippen molar-refractivity contribution in [2.24, 2.45) is 5.92 Å². The van der Waals surface area contributed by atoms with Gasteiger partial charge in [0.05, 0.1) is 10.7 Å². The number of nitrogens with zero attached hydrogens (tertiary/aromatic N) is 4. The van der Waals surface area contributed by atoms with Crippen LogP contribution in [0, 0.1) is 19.8 Å². The Morgan fingerprint density at radius 1 is 1.18 bits per heavy atom. The van der Waals surface area contributed by atoms with Crippen LogP contribution in [-0.4, -0.2) is 77.8 Å². The zero-order valence-corrected chi connectivity index (χ0v) is 18.6. The molecule has 0 aliphatic carbocycles. The number of likely N-dealkylation sites (tertiary alicyclic amines) is 2. The number of aryl methyl sites for hydroxylation is 2. The molecule has 6 nitrogen and oxygen atoms in total. The van der Waals surface area contributed by atoms with E-state index >= 15 is 0 Å². The molecule has 2 saturated heterocycles. The first-order chi connectivity index (χ1) is 13.3. The van der Waals surface area contributed by atoms with Crippen LogP contribution in [-0.2, 0) is 4.79 Å². The van der Waals surface area contributed by atoms with Gasteiger partial charge in [-0.3, -0.25) is 9.59 Å². The van der Waals surface area contributed by atoms with Crippen LogP contribution in [0.15, 0.2) is 0 Å². The van der Waals surface area contributed by atoms with E-state index in [0.29, 0.717) is 18.4 Å². The number of thiazole rings is 1. The minimum atomic E-state index is 0.113. The lowest BCUT2D eigenvalue weighted by atomic mass is 9.92. The van der Waals surface area contributed by atoms with E-state index in [4.69, 9.17) is 0 Å². The fourth-order valence-corrected chi connectivity index (χ4v) is 5.34. The van der Waals surface area contributed by atoms with Crippen LogP contribution in [0.2, 0.25) is 0 Å². The number of rotatable bonds is 5. The SMILES string of the molecule is Cc1nc(C)c(C(=O)N2CCC[C@H](CCC(=O)N(C)C3CCN(C)CC3)C2)s1. The van der Waals surface area contributed by atoms with Crippen molar-refractivity contribution >= 4 is 23.2 Å². The van der Waals surface area contributed by atoms with Gasteiger partial charge in [-0.2, -0.15) is 0 Å². The molecule has 0 N–H and O–H groups in total. The zero-order chi connectivity index (χ0) is 20.3. The van der Waals surface area contributed by atoms with Gasteiger partial charge in [0.25, 0.3) is 5.91 Å². The van der Waals surface area contributed by atoms with Gasteiger partial charge in [-0.15, -0.1) is 11.3 Å². The number of piperidine rings is 2. The highest BCUT2D eigenvalue weighted by Crippen LogP contribution is 2.26. The normalized spacial score (nSPS) is 21.7. The smallest absolute Gasteiger partial charge is 0.265 e. The predicted octanol–water partition coefficient (Wildman–Crippen LogP) is 2.94. The molecule has 7 heteroatoms. The highest BCUT2D eigenvalue weighted by atomic mass is 32.1. The van der Waals surface area contributed by atoms with Crippen LogP contribution in [0.3, 0.4) is 0 Å². The summed E-state index contributed by atoms with van der Waals surface area (Å²) >= 11 is 1.49. The predicted molar refractivity (Wildman–Crippen MR) is 113 cm³/mol. The van der Waals surface area contributed by atoms with Crippen LogP contribution >= 0.6 is 11.3 Å². The van der Waals surface area contributed by atoms with Crippen molar-refractivity contribution in [2.45, 2.75) is 58.4 Å². The van der Waals surface area contributed by atoms with Gasteiger partial charge in [0.2, 0.25) is 5.91 Å². The van der Waals surface area contributed by atoms with E-state index in [-0.39, 0.29) is 11.8 Å². The largest absolute Gasteiger partial charge is 0.343 e. The van der Waals surface area contributed by atoms with Crippen molar-refractivity contribution in [3.05, 3.63) is 15.6 Å². The maximum Gasteiger partial charge on any atom is 0.265 e. The second-order valence-electron chi connectivity index (χ2n) is 8.48. The molecule has 0 bridgehead atoms. The highest BCUT2D eigenvalue weighted by molar-refractivity contribution is 7.13. The second-order valence-corrected chi connectivity index (χ2v) is 9.69. The molecule has 2 fully saturated rings. The molecule has 28 heavy (non-hydrogen) atoms. The highest BCUT2D eigenvalue weighted by Gasteiger charge is 2.28. The van der Waals surface area contributed by atoms with Gasteiger partial charge in [-0.25, -0.2) is 4.98 Å². The standard InChI is InChI=1S/C21H34N4O2S/c1-15-20(28-16(2)22-15)21(27)25-11-5-6-17(14-25)7-8-19(26)24(4)18-9-12-23(3)13-10-18/h17-18H,5-14H2,1-4H3/t17-/m1/s1. The lowest BCUT2D eigenvalue weighted by Crippen LogP contribution is -2.44. The van der Waals surface area contributed by atoms with E-state index in [1.54, 1.807) is 0 Å². The Labute approximate surface area is 172 Å². The monoisotopic (exact) mass is 406 g/mol. The quantitative estimate of drug-likeness (QED) is 0.754. The molecular weight excluding hydrogens is 372 g/mol. The summed E-state index contributed by atoms with van der Waals surface area (Å²) in [5.41, 5.74) is 0.838. The Hall–Kier alpha value is -1.47. The van der Waals surface area contributed by atoms with E-state index < -0.39 is 0 Å². The summed E-state index contributed by atoms with van der Waals surface area (Å²) in [5, 5.41) is 0.942.